The van der Waals surface area contributed by atoms with E-state index in [0.29, 0.717) is 18.7 Å². The SMILES string of the molecule is Cc1cc(N2C[C@H](S(=O)(=O)c3ccc(OCC(F)(F)F)cc3Cl)C[C@H]2C(=O)NC2(C#N)CC2)n(C2CCC2)n1. The van der Waals surface area contributed by atoms with Crippen LogP contribution in [-0.4, -0.2) is 60.3 Å². The molecule has 2 saturated carbocycles. The lowest BCUT2D eigenvalue weighted by molar-refractivity contribution is -0.153. The zero-order valence-electron chi connectivity index (χ0n) is 21.0. The van der Waals surface area contributed by atoms with Crippen LogP contribution in [0, 0.1) is 18.3 Å². The minimum atomic E-state index is -4.56. The fourth-order valence-electron chi connectivity index (χ4n) is 5.00. The first-order chi connectivity index (χ1) is 18.3. The normalized spacial score (nSPS) is 22.7. The fourth-order valence-corrected chi connectivity index (χ4v) is 7.23. The van der Waals surface area contributed by atoms with Gasteiger partial charge in [0, 0.05) is 18.7 Å². The van der Waals surface area contributed by atoms with E-state index < -0.39 is 45.4 Å². The Bertz CT molecular complexity index is 1430. The van der Waals surface area contributed by atoms with E-state index >= 15 is 0 Å². The van der Waals surface area contributed by atoms with Gasteiger partial charge in [0.2, 0.25) is 5.91 Å². The molecule has 2 heterocycles. The molecule has 1 amide bonds. The fraction of sp³-hybridized carbons (Fsp3) is 0.560. The highest BCUT2D eigenvalue weighted by molar-refractivity contribution is 7.92. The van der Waals surface area contributed by atoms with E-state index in [0.717, 1.165) is 43.2 Å². The number of aromatic nitrogens is 2. The average molecular weight is 586 g/mol. The maximum absolute atomic E-state index is 13.7. The van der Waals surface area contributed by atoms with Crippen molar-refractivity contribution in [3.63, 3.8) is 0 Å². The monoisotopic (exact) mass is 585 g/mol. The summed E-state index contributed by atoms with van der Waals surface area (Å²) >= 11 is 6.22. The molecule has 1 aromatic heterocycles. The molecule has 210 valence electrons. The number of nitrogens with zero attached hydrogens (tertiary/aromatic N) is 4. The number of rotatable bonds is 8. The Morgan fingerprint density at radius 2 is 2.03 bits per heavy atom. The number of halogens is 4. The van der Waals surface area contributed by atoms with Crippen LogP contribution >= 0.6 is 11.6 Å². The second-order valence-electron chi connectivity index (χ2n) is 10.4. The van der Waals surface area contributed by atoms with E-state index in [1.807, 2.05) is 17.7 Å². The van der Waals surface area contributed by atoms with Gasteiger partial charge in [0.1, 0.15) is 23.1 Å². The quantitative estimate of drug-likeness (QED) is 0.495. The number of nitriles is 1. The maximum Gasteiger partial charge on any atom is 0.422 e. The van der Waals surface area contributed by atoms with Crippen molar-refractivity contribution >= 4 is 33.2 Å². The van der Waals surface area contributed by atoms with Crippen LogP contribution in [0.2, 0.25) is 5.02 Å². The smallest absolute Gasteiger partial charge is 0.422 e. The molecule has 1 N–H and O–H groups in total. The van der Waals surface area contributed by atoms with E-state index in [1.165, 1.54) is 0 Å². The molecule has 5 rings (SSSR count). The van der Waals surface area contributed by atoms with Crippen molar-refractivity contribution in [3.05, 3.63) is 35.0 Å². The number of ether oxygens (including phenoxy) is 1. The molecule has 1 aliphatic heterocycles. The van der Waals surface area contributed by atoms with E-state index in [1.54, 1.807) is 4.90 Å². The molecule has 14 heteroatoms. The van der Waals surface area contributed by atoms with Crippen molar-refractivity contribution < 1.29 is 31.1 Å². The minimum absolute atomic E-state index is 0.0273. The van der Waals surface area contributed by atoms with Gasteiger partial charge in [-0.05, 0) is 57.6 Å². The van der Waals surface area contributed by atoms with E-state index in [4.69, 9.17) is 11.6 Å². The van der Waals surface area contributed by atoms with Gasteiger partial charge in [-0.2, -0.15) is 23.5 Å². The van der Waals surface area contributed by atoms with Gasteiger partial charge in [-0.3, -0.25) is 4.79 Å². The summed E-state index contributed by atoms with van der Waals surface area (Å²) in [7, 11) is -4.11. The second kappa shape index (κ2) is 9.89. The lowest BCUT2D eigenvalue weighted by Gasteiger charge is -2.32. The number of nitrogens with one attached hydrogen (secondary N) is 1. The van der Waals surface area contributed by atoms with Gasteiger partial charge < -0.3 is 15.0 Å². The first-order valence-electron chi connectivity index (χ1n) is 12.6. The number of sulfone groups is 1. The molecule has 2 aromatic rings. The summed E-state index contributed by atoms with van der Waals surface area (Å²) in [4.78, 5) is 14.9. The van der Waals surface area contributed by atoms with Crippen LogP contribution in [0.1, 0.15) is 50.3 Å². The highest BCUT2D eigenvalue weighted by Crippen LogP contribution is 2.41. The molecule has 0 radical (unpaired) electrons. The van der Waals surface area contributed by atoms with Crippen LogP contribution in [0.4, 0.5) is 19.0 Å². The summed E-state index contributed by atoms with van der Waals surface area (Å²) in [6, 6.07) is 6.51. The Morgan fingerprint density at radius 3 is 2.59 bits per heavy atom. The molecule has 2 aliphatic carbocycles. The molecule has 39 heavy (non-hydrogen) atoms. The molecule has 9 nitrogen and oxygen atoms in total. The molecule has 0 unspecified atom stereocenters. The summed E-state index contributed by atoms with van der Waals surface area (Å²) in [5.74, 6) is -0.0145. The first kappa shape index (κ1) is 27.6. The van der Waals surface area contributed by atoms with E-state index in [-0.39, 0.29) is 34.7 Å². The molecular weight excluding hydrogens is 559 g/mol. The number of benzene rings is 1. The molecule has 3 fully saturated rings. The number of anilines is 1. The second-order valence-corrected chi connectivity index (χ2v) is 13.0. The predicted molar refractivity (Wildman–Crippen MR) is 135 cm³/mol. The van der Waals surface area contributed by atoms with Crippen molar-refractivity contribution in [3.8, 4) is 11.8 Å². The zero-order valence-corrected chi connectivity index (χ0v) is 22.6. The van der Waals surface area contributed by atoms with Gasteiger partial charge >= 0.3 is 6.18 Å². The topological polar surface area (TPSA) is 117 Å². The number of aryl methyl sites for hydroxylation is 1. The first-order valence-corrected chi connectivity index (χ1v) is 14.5. The Kier molecular flexibility index (Phi) is 6.99. The van der Waals surface area contributed by atoms with Gasteiger partial charge in [0.25, 0.3) is 0 Å². The van der Waals surface area contributed by atoms with Crippen LogP contribution < -0.4 is 15.0 Å². The summed E-state index contributed by atoms with van der Waals surface area (Å²) in [6.07, 6.45) is -0.659. The van der Waals surface area contributed by atoms with Crippen molar-refractivity contribution in [1.29, 1.82) is 5.26 Å². The van der Waals surface area contributed by atoms with E-state index in [9.17, 15) is 31.6 Å². The molecule has 2 atom stereocenters. The van der Waals surface area contributed by atoms with Crippen molar-refractivity contribution in [2.24, 2.45) is 0 Å². The molecule has 1 saturated heterocycles. The number of hydrogen-bond donors (Lipinski definition) is 1. The lowest BCUT2D eigenvalue weighted by Crippen LogP contribution is -2.48. The van der Waals surface area contributed by atoms with Crippen molar-refractivity contribution in [2.75, 3.05) is 18.1 Å². The third kappa shape index (κ3) is 5.54. The third-order valence-electron chi connectivity index (χ3n) is 7.50. The van der Waals surface area contributed by atoms with Gasteiger partial charge in [-0.15, -0.1) is 0 Å². The highest BCUT2D eigenvalue weighted by Gasteiger charge is 2.50. The standard InChI is InChI=1S/C25H27ClF3N5O4S/c1-15-9-22(34(32-15)16-3-2-4-16)33-12-18(11-20(33)23(35)31-24(13-30)7-8-24)39(36,37)21-6-5-17(10-19(21)26)38-14-25(27,28)29/h5-6,9-10,16,18,20H,2-4,7-8,11-12,14H2,1H3,(H,31,35)/t18-,20+/m1/s1. The predicted octanol–water partition coefficient (Wildman–Crippen LogP) is 4.10. The summed E-state index contributed by atoms with van der Waals surface area (Å²) in [5, 5.41) is 15.6. The van der Waals surface area contributed by atoms with Crippen LogP contribution in [0.5, 0.6) is 5.75 Å². The maximum atomic E-state index is 13.7. The van der Waals surface area contributed by atoms with Gasteiger partial charge in [-0.25, -0.2) is 13.1 Å². The highest BCUT2D eigenvalue weighted by atomic mass is 35.5. The van der Waals surface area contributed by atoms with Crippen LogP contribution in [0.3, 0.4) is 0 Å². The minimum Gasteiger partial charge on any atom is -0.484 e. The van der Waals surface area contributed by atoms with Crippen LogP contribution in [-0.2, 0) is 14.6 Å². The Hall–Kier alpha value is -2.98. The molecule has 0 bridgehead atoms. The number of amides is 1. The number of carbonyl (C=O) groups is 1. The molecule has 3 aliphatic rings. The van der Waals surface area contributed by atoms with Gasteiger partial charge in [-0.1, -0.05) is 11.6 Å². The number of hydrogen-bond acceptors (Lipinski definition) is 7. The third-order valence-corrected chi connectivity index (χ3v) is 10.1. The van der Waals surface area contributed by atoms with Gasteiger partial charge in [0.15, 0.2) is 16.4 Å². The lowest BCUT2D eigenvalue weighted by atomic mass is 9.93. The molecule has 0 spiro atoms. The van der Waals surface area contributed by atoms with Crippen molar-refractivity contribution in [2.45, 2.75) is 79.4 Å². The number of alkyl halides is 3. The molecular formula is C25H27ClF3N5O4S. The van der Waals surface area contributed by atoms with Crippen LogP contribution in [0.25, 0.3) is 0 Å². The van der Waals surface area contributed by atoms with E-state index in [2.05, 4.69) is 21.2 Å². The Balaban J connectivity index is 1.44. The molecule has 1 aromatic carbocycles. The summed E-state index contributed by atoms with van der Waals surface area (Å²) in [6.45, 7) is 0.262. The van der Waals surface area contributed by atoms with Crippen molar-refractivity contribution in [1.82, 2.24) is 15.1 Å². The summed E-state index contributed by atoms with van der Waals surface area (Å²) < 4.78 is 71.5. The van der Waals surface area contributed by atoms with Crippen LogP contribution in [0.15, 0.2) is 29.2 Å². The largest absolute Gasteiger partial charge is 0.484 e. The Labute approximate surface area is 228 Å². The number of carbonyl (C=O) groups excluding carboxylic acids is 1. The zero-order chi connectivity index (χ0) is 28.2. The summed E-state index contributed by atoms with van der Waals surface area (Å²) in [5.41, 5.74) is -0.199. The Morgan fingerprint density at radius 1 is 1.31 bits per heavy atom. The van der Waals surface area contributed by atoms with Gasteiger partial charge in [0.05, 0.1) is 33.0 Å². The average Bonchev–Trinajstić information content (AvgIpc) is 3.27.